The van der Waals surface area contributed by atoms with Gasteiger partial charge in [-0.1, -0.05) is 56.5 Å². The van der Waals surface area contributed by atoms with Crippen LogP contribution in [0.5, 0.6) is 5.75 Å². The highest BCUT2D eigenvalue weighted by atomic mass is 16.6. The van der Waals surface area contributed by atoms with Crippen LogP contribution in [0.2, 0.25) is 0 Å². The third-order valence-corrected chi connectivity index (χ3v) is 6.57. The number of benzene rings is 2. The number of nitrogens with one attached hydrogen (secondary N) is 1. The number of unbranched alkanes of at least 4 members (excludes halogenated alkanes) is 3. The molecule has 0 fully saturated rings. The lowest BCUT2D eigenvalue weighted by Gasteiger charge is -2.16. The van der Waals surface area contributed by atoms with Crippen molar-refractivity contribution >= 4 is 23.0 Å². The lowest BCUT2D eigenvalue weighted by atomic mass is 10.00. The molecule has 0 spiro atoms. The topological polar surface area (TPSA) is 94.8 Å². The number of hydrogen-bond acceptors (Lipinski definition) is 6. The molecule has 190 valence electrons. The fraction of sp³-hybridized carbons (Fsp3) is 0.414. The Morgan fingerprint density at radius 2 is 1.83 bits per heavy atom. The Morgan fingerprint density at radius 3 is 2.61 bits per heavy atom. The van der Waals surface area contributed by atoms with E-state index in [1.54, 1.807) is 13.0 Å². The molecular formula is C29H33NO6. The number of carbonyl (C=O) groups excluding carboxylic acids is 2. The third kappa shape index (κ3) is 6.14. The van der Waals surface area contributed by atoms with Gasteiger partial charge in [-0.2, -0.15) is 0 Å². The number of aryl methyl sites for hydroxylation is 2. The van der Waals surface area contributed by atoms with E-state index >= 15 is 0 Å². The van der Waals surface area contributed by atoms with Gasteiger partial charge in [0.25, 0.3) is 0 Å². The maximum Gasteiger partial charge on any atom is 0.408 e. The average molecular weight is 492 g/mol. The van der Waals surface area contributed by atoms with Crippen molar-refractivity contribution in [2.75, 3.05) is 0 Å². The van der Waals surface area contributed by atoms with Gasteiger partial charge in [-0.15, -0.1) is 0 Å². The Hall–Kier alpha value is -3.61. The van der Waals surface area contributed by atoms with Crippen LogP contribution in [0.15, 0.2) is 51.7 Å². The molecule has 0 radical (unpaired) electrons. The van der Waals surface area contributed by atoms with Crippen molar-refractivity contribution < 1.29 is 23.5 Å². The molecule has 0 bridgehead atoms. The molecule has 1 aromatic heterocycles. The minimum absolute atomic E-state index is 0.102. The van der Waals surface area contributed by atoms with Gasteiger partial charge in [0.2, 0.25) is 0 Å². The molecule has 1 aliphatic rings. The van der Waals surface area contributed by atoms with Crippen molar-refractivity contribution in [2.24, 2.45) is 0 Å². The van der Waals surface area contributed by atoms with Crippen LogP contribution in [-0.2, 0) is 35.4 Å². The zero-order chi connectivity index (χ0) is 25.5. The van der Waals surface area contributed by atoms with Gasteiger partial charge in [-0.05, 0) is 61.8 Å². The van der Waals surface area contributed by atoms with Crippen molar-refractivity contribution in [1.29, 1.82) is 0 Å². The first kappa shape index (κ1) is 25.5. The zero-order valence-corrected chi connectivity index (χ0v) is 20.9. The SMILES string of the molecule is CCCCCCc1cc2c3c(c(=O)oc2cc1OC(=O)[C@H](C)NC(=O)OCc1ccccc1)CCC3. The van der Waals surface area contributed by atoms with E-state index in [1.807, 2.05) is 36.4 Å². The Morgan fingerprint density at radius 1 is 1.06 bits per heavy atom. The van der Waals surface area contributed by atoms with Gasteiger partial charge < -0.3 is 19.2 Å². The second-order valence-electron chi connectivity index (χ2n) is 9.32. The Bertz CT molecular complexity index is 1280. The van der Waals surface area contributed by atoms with Crippen molar-refractivity contribution in [3.8, 4) is 5.75 Å². The van der Waals surface area contributed by atoms with E-state index in [0.717, 1.165) is 79.0 Å². The van der Waals surface area contributed by atoms with Gasteiger partial charge in [0.1, 0.15) is 24.0 Å². The van der Waals surface area contributed by atoms with Crippen LogP contribution in [0.4, 0.5) is 4.79 Å². The molecule has 0 saturated heterocycles. The molecule has 0 unspecified atom stereocenters. The van der Waals surface area contributed by atoms with Crippen LogP contribution in [0.1, 0.15) is 68.2 Å². The Labute approximate surface area is 210 Å². The summed E-state index contributed by atoms with van der Waals surface area (Å²) in [7, 11) is 0. The molecule has 36 heavy (non-hydrogen) atoms. The van der Waals surface area contributed by atoms with Crippen LogP contribution in [0.3, 0.4) is 0 Å². The monoisotopic (exact) mass is 491 g/mol. The number of esters is 1. The summed E-state index contributed by atoms with van der Waals surface area (Å²) >= 11 is 0. The van der Waals surface area contributed by atoms with E-state index < -0.39 is 18.1 Å². The number of rotatable bonds is 10. The molecule has 0 saturated carbocycles. The molecule has 1 atom stereocenters. The summed E-state index contributed by atoms with van der Waals surface area (Å²) in [6.07, 6.45) is 6.86. The van der Waals surface area contributed by atoms with Crippen molar-refractivity contribution in [2.45, 2.75) is 77.9 Å². The van der Waals surface area contributed by atoms with Crippen LogP contribution < -0.4 is 15.7 Å². The van der Waals surface area contributed by atoms with E-state index in [1.165, 1.54) is 0 Å². The van der Waals surface area contributed by atoms with Crippen molar-refractivity contribution in [3.05, 3.63) is 75.1 Å². The predicted molar refractivity (Wildman–Crippen MR) is 137 cm³/mol. The minimum atomic E-state index is -0.927. The average Bonchev–Trinajstić information content (AvgIpc) is 3.37. The number of fused-ring (bicyclic) bond motifs is 3. The van der Waals surface area contributed by atoms with E-state index in [2.05, 4.69) is 12.2 Å². The van der Waals surface area contributed by atoms with Crippen LogP contribution in [-0.4, -0.2) is 18.1 Å². The highest BCUT2D eigenvalue weighted by molar-refractivity contribution is 5.87. The molecule has 0 aliphatic heterocycles. The first-order chi connectivity index (χ1) is 17.5. The molecule has 7 nitrogen and oxygen atoms in total. The smallest absolute Gasteiger partial charge is 0.408 e. The predicted octanol–water partition coefficient (Wildman–Crippen LogP) is 5.62. The quantitative estimate of drug-likeness (QED) is 0.171. The maximum atomic E-state index is 12.9. The van der Waals surface area contributed by atoms with Crippen LogP contribution in [0.25, 0.3) is 11.0 Å². The summed E-state index contributed by atoms with van der Waals surface area (Å²) in [5, 5.41) is 3.44. The van der Waals surface area contributed by atoms with Gasteiger partial charge in [0.05, 0.1) is 0 Å². The number of carbonyl (C=O) groups is 2. The van der Waals surface area contributed by atoms with E-state index in [0.29, 0.717) is 11.3 Å². The van der Waals surface area contributed by atoms with Crippen LogP contribution >= 0.6 is 0 Å². The van der Waals surface area contributed by atoms with Gasteiger partial charge in [0.15, 0.2) is 0 Å². The zero-order valence-electron chi connectivity index (χ0n) is 20.9. The molecule has 7 heteroatoms. The summed E-state index contributed by atoms with van der Waals surface area (Å²) in [5.74, 6) is -0.263. The van der Waals surface area contributed by atoms with Gasteiger partial charge >= 0.3 is 17.7 Å². The second kappa shape index (κ2) is 11.9. The molecule has 1 N–H and O–H groups in total. The van der Waals surface area contributed by atoms with Crippen molar-refractivity contribution in [1.82, 2.24) is 5.32 Å². The summed E-state index contributed by atoms with van der Waals surface area (Å²) in [6.45, 7) is 3.80. The first-order valence-electron chi connectivity index (χ1n) is 12.8. The van der Waals surface area contributed by atoms with E-state index in [4.69, 9.17) is 13.9 Å². The summed E-state index contributed by atoms with van der Waals surface area (Å²) < 4.78 is 16.5. The second-order valence-corrected chi connectivity index (χ2v) is 9.32. The number of ether oxygens (including phenoxy) is 2. The Balaban J connectivity index is 1.49. The maximum absolute atomic E-state index is 12.9. The van der Waals surface area contributed by atoms with Gasteiger partial charge in [-0.3, -0.25) is 0 Å². The molecule has 1 heterocycles. The molecular weight excluding hydrogens is 458 g/mol. The highest BCUT2D eigenvalue weighted by Crippen LogP contribution is 2.33. The van der Waals surface area contributed by atoms with Gasteiger partial charge in [0, 0.05) is 17.0 Å². The summed E-state index contributed by atoms with van der Waals surface area (Å²) in [6, 6.07) is 12.0. The number of alkyl carbamates (subject to hydrolysis) is 1. The minimum Gasteiger partial charge on any atom is -0.445 e. The largest absolute Gasteiger partial charge is 0.445 e. The lowest BCUT2D eigenvalue weighted by molar-refractivity contribution is -0.136. The number of hydrogen-bond donors (Lipinski definition) is 1. The molecule has 1 amide bonds. The van der Waals surface area contributed by atoms with E-state index in [9.17, 15) is 14.4 Å². The summed E-state index contributed by atoms with van der Waals surface area (Å²) in [4.78, 5) is 37.5. The standard InChI is InChI=1S/C29H33NO6/c1-3-4-5-9-13-21-16-24-22-14-10-15-23(22)28(32)36-26(24)17-25(21)35-27(31)19(2)30-29(33)34-18-20-11-7-6-8-12-20/h6-8,11-12,16-17,19H,3-5,9-10,13-15,18H2,1-2H3,(H,30,33)/t19-/m0/s1. The highest BCUT2D eigenvalue weighted by Gasteiger charge is 2.24. The first-order valence-corrected chi connectivity index (χ1v) is 12.8. The van der Waals surface area contributed by atoms with Gasteiger partial charge in [-0.25, -0.2) is 14.4 Å². The number of amides is 1. The summed E-state index contributed by atoms with van der Waals surface area (Å²) in [5.41, 5.74) is 3.65. The van der Waals surface area contributed by atoms with Crippen LogP contribution in [0, 0.1) is 0 Å². The molecule has 4 rings (SSSR count). The molecule has 3 aromatic rings. The fourth-order valence-corrected chi connectivity index (χ4v) is 4.58. The lowest BCUT2D eigenvalue weighted by Crippen LogP contribution is -2.41. The normalized spacial score (nSPS) is 13.3. The molecule has 2 aromatic carbocycles. The van der Waals surface area contributed by atoms with E-state index in [-0.39, 0.29) is 12.2 Å². The third-order valence-electron chi connectivity index (χ3n) is 6.57. The molecule has 1 aliphatic carbocycles. The van der Waals surface area contributed by atoms with Crippen molar-refractivity contribution in [3.63, 3.8) is 0 Å². The fourth-order valence-electron chi connectivity index (χ4n) is 4.58. The Kier molecular flexibility index (Phi) is 8.41.